The van der Waals surface area contributed by atoms with Gasteiger partial charge in [-0.25, -0.2) is 0 Å². The maximum Gasteiger partial charge on any atom is 0.246 e. The highest BCUT2D eigenvalue weighted by Crippen LogP contribution is 2.36. The Bertz CT molecular complexity index is 437. The van der Waals surface area contributed by atoms with Crippen LogP contribution >= 0.6 is 0 Å². The molecule has 0 bridgehead atoms. The lowest BCUT2D eigenvalue weighted by molar-refractivity contribution is -0.167. The van der Waals surface area contributed by atoms with Crippen LogP contribution in [-0.2, 0) is 9.59 Å². The smallest absolute Gasteiger partial charge is 0.246 e. The molecule has 3 aliphatic rings. The van der Waals surface area contributed by atoms with Gasteiger partial charge in [0.15, 0.2) is 0 Å². The van der Waals surface area contributed by atoms with Gasteiger partial charge in [0.25, 0.3) is 0 Å². The number of hydrogen-bond donors (Lipinski definition) is 0. The summed E-state index contributed by atoms with van der Waals surface area (Å²) in [5.74, 6) is 1.76. The van der Waals surface area contributed by atoms with Crippen molar-refractivity contribution in [1.29, 1.82) is 0 Å². The molecule has 3 rings (SSSR count). The van der Waals surface area contributed by atoms with Crippen molar-refractivity contribution in [2.24, 2.45) is 11.8 Å². The van der Waals surface area contributed by atoms with E-state index in [-0.39, 0.29) is 29.9 Å². The van der Waals surface area contributed by atoms with Crippen molar-refractivity contribution in [2.45, 2.75) is 77.4 Å². The van der Waals surface area contributed by atoms with E-state index in [9.17, 15) is 9.59 Å². The van der Waals surface area contributed by atoms with E-state index in [4.69, 9.17) is 0 Å². The van der Waals surface area contributed by atoms with E-state index in [1.807, 2.05) is 16.7 Å². The topological polar surface area (TPSA) is 40.6 Å². The highest BCUT2D eigenvalue weighted by atomic mass is 16.2. The molecule has 2 aliphatic heterocycles. The average Bonchev–Trinajstić information content (AvgIpc) is 2.49. The summed E-state index contributed by atoms with van der Waals surface area (Å²) < 4.78 is 0. The Kier molecular flexibility index (Phi) is 3.98. The van der Waals surface area contributed by atoms with Crippen LogP contribution in [0.2, 0.25) is 0 Å². The van der Waals surface area contributed by atoms with E-state index in [0.29, 0.717) is 5.92 Å². The molecule has 0 aromatic rings. The Balaban J connectivity index is 1.81. The summed E-state index contributed by atoms with van der Waals surface area (Å²) in [7, 11) is 0. The molecule has 5 atom stereocenters. The predicted octanol–water partition coefficient (Wildman–Crippen LogP) is 2.42. The molecule has 118 valence electrons. The van der Waals surface area contributed by atoms with Gasteiger partial charge in [-0.3, -0.25) is 9.59 Å². The second-order valence-corrected chi connectivity index (χ2v) is 7.39. The molecule has 5 unspecified atom stereocenters. The quantitative estimate of drug-likeness (QED) is 0.745. The molecule has 4 nitrogen and oxygen atoms in total. The van der Waals surface area contributed by atoms with Crippen molar-refractivity contribution in [1.82, 2.24) is 9.80 Å². The Morgan fingerprint density at radius 3 is 2.38 bits per heavy atom. The zero-order valence-corrected chi connectivity index (χ0v) is 13.5. The zero-order valence-electron chi connectivity index (χ0n) is 13.5. The first kappa shape index (κ1) is 14.9. The summed E-state index contributed by atoms with van der Waals surface area (Å²) in [5, 5.41) is 0. The third kappa shape index (κ3) is 2.47. The van der Waals surface area contributed by atoms with E-state index in [0.717, 1.165) is 44.6 Å². The van der Waals surface area contributed by atoms with E-state index in [1.54, 1.807) is 0 Å². The maximum atomic E-state index is 12.9. The summed E-state index contributed by atoms with van der Waals surface area (Å²) >= 11 is 0. The molecule has 1 saturated carbocycles. The number of piperidine rings is 1. The molecular formula is C17H28N2O2. The summed E-state index contributed by atoms with van der Waals surface area (Å²) in [6, 6.07) is -0.165. The minimum absolute atomic E-state index is 0.169. The molecular weight excluding hydrogens is 264 g/mol. The molecule has 1 aliphatic carbocycles. The average molecular weight is 292 g/mol. The first-order chi connectivity index (χ1) is 10.0. The van der Waals surface area contributed by atoms with Gasteiger partial charge in [0.2, 0.25) is 11.8 Å². The molecule has 0 spiro atoms. The van der Waals surface area contributed by atoms with Gasteiger partial charge in [-0.05, 0) is 57.3 Å². The molecule has 2 saturated heterocycles. The van der Waals surface area contributed by atoms with Crippen LogP contribution in [0.5, 0.6) is 0 Å². The van der Waals surface area contributed by atoms with Gasteiger partial charge in [0.1, 0.15) is 12.1 Å². The number of rotatable bonds is 1. The largest absolute Gasteiger partial charge is 0.329 e. The second kappa shape index (κ2) is 5.62. The third-order valence-corrected chi connectivity index (χ3v) is 6.06. The number of carbonyl (C=O) groups is 2. The molecule has 4 heteroatoms. The fraction of sp³-hybridized carbons (Fsp3) is 0.882. The van der Waals surface area contributed by atoms with Gasteiger partial charge in [0, 0.05) is 12.6 Å². The zero-order chi connectivity index (χ0) is 15.1. The summed E-state index contributed by atoms with van der Waals surface area (Å²) in [6.07, 6.45) is 6.25. The van der Waals surface area contributed by atoms with Crippen LogP contribution in [0, 0.1) is 11.8 Å². The number of nitrogens with zero attached hydrogens (tertiary/aromatic N) is 2. The lowest BCUT2D eigenvalue weighted by Crippen LogP contribution is -2.67. The first-order valence-corrected chi connectivity index (χ1v) is 8.63. The molecule has 2 amide bonds. The fourth-order valence-electron chi connectivity index (χ4n) is 4.44. The molecule has 0 aromatic heterocycles. The van der Waals surface area contributed by atoms with Gasteiger partial charge < -0.3 is 9.80 Å². The molecule has 3 fully saturated rings. The minimum atomic E-state index is -0.266. The molecule has 21 heavy (non-hydrogen) atoms. The fourth-order valence-corrected chi connectivity index (χ4v) is 4.44. The van der Waals surface area contributed by atoms with Crippen LogP contribution < -0.4 is 0 Å². The van der Waals surface area contributed by atoms with Crippen molar-refractivity contribution in [3.63, 3.8) is 0 Å². The van der Waals surface area contributed by atoms with Crippen molar-refractivity contribution < 1.29 is 9.59 Å². The summed E-state index contributed by atoms with van der Waals surface area (Å²) in [5.41, 5.74) is 0. The van der Waals surface area contributed by atoms with Gasteiger partial charge in [0.05, 0.1) is 0 Å². The van der Waals surface area contributed by atoms with E-state index in [2.05, 4.69) is 13.8 Å². The minimum Gasteiger partial charge on any atom is -0.329 e. The van der Waals surface area contributed by atoms with Gasteiger partial charge in [-0.1, -0.05) is 13.8 Å². The Hall–Kier alpha value is -1.06. The second-order valence-electron chi connectivity index (χ2n) is 7.39. The normalized spacial score (nSPS) is 41.2. The van der Waals surface area contributed by atoms with Crippen molar-refractivity contribution in [2.75, 3.05) is 6.54 Å². The van der Waals surface area contributed by atoms with Crippen molar-refractivity contribution in [3.05, 3.63) is 0 Å². The van der Waals surface area contributed by atoms with Crippen LogP contribution in [0.15, 0.2) is 0 Å². The molecule has 0 N–H and O–H groups in total. The predicted molar refractivity (Wildman–Crippen MR) is 81.6 cm³/mol. The highest BCUT2D eigenvalue weighted by molar-refractivity contribution is 5.97. The Labute approximate surface area is 127 Å². The third-order valence-electron chi connectivity index (χ3n) is 6.06. The Morgan fingerprint density at radius 2 is 1.67 bits per heavy atom. The number of hydrogen-bond acceptors (Lipinski definition) is 2. The van der Waals surface area contributed by atoms with Crippen LogP contribution in [0.25, 0.3) is 0 Å². The van der Waals surface area contributed by atoms with E-state index >= 15 is 0 Å². The van der Waals surface area contributed by atoms with Crippen LogP contribution in [0.1, 0.15) is 59.3 Å². The summed E-state index contributed by atoms with van der Waals surface area (Å²) in [6.45, 7) is 7.28. The van der Waals surface area contributed by atoms with E-state index in [1.165, 1.54) is 6.42 Å². The van der Waals surface area contributed by atoms with E-state index < -0.39 is 0 Å². The molecule has 0 aromatic carbocycles. The van der Waals surface area contributed by atoms with Gasteiger partial charge in [-0.15, -0.1) is 0 Å². The SMILES string of the molecule is CC1CCC(N2C(=O)C3CCCCN3C(=O)C2C)CC1C. The summed E-state index contributed by atoms with van der Waals surface area (Å²) in [4.78, 5) is 29.4. The van der Waals surface area contributed by atoms with Crippen molar-refractivity contribution >= 4 is 11.8 Å². The monoisotopic (exact) mass is 292 g/mol. The van der Waals surface area contributed by atoms with Crippen LogP contribution in [0.4, 0.5) is 0 Å². The van der Waals surface area contributed by atoms with Crippen LogP contribution in [0.3, 0.4) is 0 Å². The first-order valence-electron chi connectivity index (χ1n) is 8.63. The lowest BCUT2D eigenvalue weighted by Gasteiger charge is -2.50. The lowest BCUT2D eigenvalue weighted by atomic mass is 9.77. The number of fused-ring (bicyclic) bond motifs is 1. The molecule has 2 heterocycles. The number of piperazine rings is 1. The Morgan fingerprint density at radius 1 is 0.905 bits per heavy atom. The number of carbonyl (C=O) groups excluding carboxylic acids is 2. The highest BCUT2D eigenvalue weighted by Gasteiger charge is 2.47. The maximum absolute atomic E-state index is 12.9. The number of amides is 2. The van der Waals surface area contributed by atoms with Crippen molar-refractivity contribution in [3.8, 4) is 0 Å². The van der Waals surface area contributed by atoms with Crippen LogP contribution in [-0.4, -0.2) is 46.3 Å². The standard InChI is InChI=1S/C17H28N2O2/c1-11-7-8-14(10-12(11)2)19-13(3)16(20)18-9-5-4-6-15(18)17(19)21/h11-15H,4-10H2,1-3H3. The van der Waals surface area contributed by atoms with Gasteiger partial charge >= 0.3 is 0 Å². The molecule has 0 radical (unpaired) electrons. The van der Waals surface area contributed by atoms with Gasteiger partial charge in [-0.2, -0.15) is 0 Å².